The monoisotopic (exact) mass is 839 g/mol. The van der Waals surface area contributed by atoms with E-state index >= 15 is 0 Å². The minimum absolute atomic E-state index is 0.152. The Morgan fingerprint density at radius 3 is 1.72 bits per heavy atom. The molecule has 1 aliphatic rings. The molecule has 5 nitrogen and oxygen atoms in total. The van der Waals surface area contributed by atoms with Crippen molar-refractivity contribution in [3.63, 3.8) is 0 Å². The maximum atomic E-state index is 6.59. The number of benzene rings is 9. The first kappa shape index (κ1) is 37.8. The van der Waals surface area contributed by atoms with Gasteiger partial charge in [-0.15, -0.1) is 0 Å². The Morgan fingerprint density at radius 2 is 1.06 bits per heavy atom. The Kier molecular flexibility index (Phi) is 9.14. The normalized spacial score (nSPS) is 14.3. The number of nitrogens with zero attached hydrogens (tertiary/aromatic N) is 3. The van der Waals surface area contributed by atoms with Gasteiger partial charge in [0, 0.05) is 38.4 Å². The third-order valence-electron chi connectivity index (χ3n) is 13.0. The first-order valence-corrected chi connectivity index (χ1v) is 23.9. The Labute approximate surface area is 372 Å². The molecule has 304 valence electrons. The number of aromatic nitrogens is 1. The number of rotatable bonds is 8. The molecule has 0 aliphatic carbocycles. The number of amidine groups is 2. The smallest absolute Gasteiger partial charge is 0.235 e. The second kappa shape index (κ2) is 15.5. The van der Waals surface area contributed by atoms with Crippen molar-refractivity contribution in [1.82, 2.24) is 4.57 Å². The van der Waals surface area contributed by atoms with Crippen LogP contribution in [0.25, 0.3) is 49.4 Å². The lowest BCUT2D eigenvalue weighted by Gasteiger charge is -2.34. The van der Waals surface area contributed by atoms with Crippen LogP contribution >= 0.6 is 0 Å². The van der Waals surface area contributed by atoms with Gasteiger partial charge < -0.3 is 8.98 Å². The lowest BCUT2D eigenvalue weighted by atomic mass is 10.1. The van der Waals surface area contributed by atoms with Gasteiger partial charge in [-0.2, -0.15) is 4.99 Å². The van der Waals surface area contributed by atoms with Gasteiger partial charge in [0.15, 0.2) is 13.9 Å². The Morgan fingerprint density at radius 1 is 0.469 bits per heavy atom. The number of hydrogen-bond donors (Lipinski definition) is 1. The first-order valence-electron chi connectivity index (χ1n) is 21.9. The Bertz CT molecular complexity index is 3480. The molecule has 12 rings (SSSR count). The largest absolute Gasteiger partial charge is 0.456 e. The van der Waals surface area contributed by atoms with E-state index in [0.29, 0.717) is 0 Å². The second-order valence-corrected chi connectivity index (χ2v) is 20.5. The van der Waals surface area contributed by atoms with E-state index in [9.17, 15) is 0 Å². The zero-order valence-corrected chi connectivity index (χ0v) is 36.3. The molecule has 0 radical (unpaired) electrons. The molecule has 11 aromatic rings. The van der Waals surface area contributed by atoms with E-state index in [4.69, 9.17) is 14.4 Å². The van der Waals surface area contributed by atoms with Crippen molar-refractivity contribution in [3.05, 3.63) is 247 Å². The summed E-state index contributed by atoms with van der Waals surface area (Å²) in [4.78, 5) is 10.5. The van der Waals surface area contributed by atoms with Gasteiger partial charge in [0.1, 0.15) is 11.2 Å². The van der Waals surface area contributed by atoms with Crippen LogP contribution in [0.5, 0.6) is 0 Å². The van der Waals surface area contributed by atoms with Gasteiger partial charge >= 0.3 is 0 Å². The summed E-state index contributed by atoms with van der Waals surface area (Å²) in [7, 11) is -2.81. The van der Waals surface area contributed by atoms with Crippen molar-refractivity contribution in [1.29, 1.82) is 0 Å². The summed E-state index contributed by atoms with van der Waals surface area (Å²) in [5, 5.41) is 12.1. The van der Waals surface area contributed by atoms with E-state index in [1.165, 1.54) is 26.1 Å². The molecule has 0 fully saturated rings. The number of aliphatic imine (C=N–C) groups is 2. The van der Waals surface area contributed by atoms with Crippen molar-refractivity contribution in [2.75, 3.05) is 0 Å². The van der Waals surface area contributed by atoms with Crippen LogP contribution in [0.2, 0.25) is 0 Å². The number of aryl methyl sites for hydroxylation is 1. The number of furan rings is 1. The minimum atomic E-state index is -2.81. The fourth-order valence-corrected chi connectivity index (χ4v) is 14.8. The zero-order valence-electron chi connectivity index (χ0n) is 35.3. The molecule has 3 heterocycles. The fraction of sp³-hybridized carbons (Fsp3) is 0.0345. The van der Waals surface area contributed by atoms with Crippen LogP contribution in [0.3, 0.4) is 0 Å². The summed E-state index contributed by atoms with van der Waals surface area (Å²) in [5.74, 6) is 1.66. The minimum Gasteiger partial charge on any atom is -0.456 e. The molecule has 0 bridgehead atoms. The molecule has 1 atom stereocenters. The molecular formula is C58H43N4OSi+. The van der Waals surface area contributed by atoms with E-state index in [2.05, 4.69) is 229 Å². The molecular weight excluding hydrogens is 797 g/mol. The lowest BCUT2D eigenvalue weighted by Crippen LogP contribution is -2.89. The topological polar surface area (TPSA) is 59.4 Å². The lowest BCUT2D eigenvalue weighted by molar-refractivity contribution is -0.586. The third kappa shape index (κ3) is 6.18. The molecule has 2 aromatic heterocycles. The van der Waals surface area contributed by atoms with Crippen molar-refractivity contribution in [2.45, 2.75) is 13.1 Å². The highest BCUT2D eigenvalue weighted by molar-refractivity contribution is 7.20. The molecule has 6 heteroatoms. The van der Waals surface area contributed by atoms with E-state index in [1.807, 2.05) is 12.1 Å². The van der Waals surface area contributed by atoms with Crippen LogP contribution in [-0.2, 0) is 0 Å². The van der Waals surface area contributed by atoms with Crippen LogP contribution < -0.4 is 26.1 Å². The van der Waals surface area contributed by atoms with Crippen LogP contribution in [0.4, 0.5) is 0 Å². The Hall–Kier alpha value is -7.90. The van der Waals surface area contributed by atoms with E-state index in [-0.39, 0.29) is 6.17 Å². The third-order valence-corrected chi connectivity index (χ3v) is 17.8. The summed E-state index contributed by atoms with van der Waals surface area (Å²) in [6, 6.07) is 81.2. The van der Waals surface area contributed by atoms with Crippen LogP contribution in [0, 0.1) is 6.92 Å². The first-order chi connectivity index (χ1) is 31.6. The van der Waals surface area contributed by atoms with Crippen molar-refractivity contribution >= 4 is 84.2 Å². The van der Waals surface area contributed by atoms with E-state index < -0.39 is 8.07 Å². The SMILES string of the molecule is Cc1cc(C2=NC(c3ccccc3)[NH2+]C(c3ccccc3)=N2)ccc1-n1c2ccc([Si](c3ccccc3)(c3ccccc3)c3ccccc3)cc2c2cc3oc4ccccc4c3cc21. The molecule has 0 saturated heterocycles. The van der Waals surface area contributed by atoms with Gasteiger partial charge in [0.25, 0.3) is 0 Å². The molecule has 64 heavy (non-hydrogen) atoms. The quantitative estimate of drug-likeness (QED) is 0.120. The fourth-order valence-electron chi connectivity index (χ4n) is 10.1. The molecule has 0 amide bonds. The van der Waals surface area contributed by atoms with Crippen LogP contribution in [0.15, 0.2) is 239 Å². The second-order valence-electron chi connectivity index (χ2n) is 16.7. The Balaban J connectivity index is 1.09. The summed E-state index contributed by atoms with van der Waals surface area (Å²) >= 11 is 0. The summed E-state index contributed by atoms with van der Waals surface area (Å²) < 4.78 is 9.04. The van der Waals surface area contributed by atoms with Gasteiger partial charge in [-0.1, -0.05) is 170 Å². The van der Waals surface area contributed by atoms with Gasteiger partial charge in [-0.3, -0.25) is 5.32 Å². The van der Waals surface area contributed by atoms with Gasteiger partial charge in [0.2, 0.25) is 12.0 Å². The molecule has 1 unspecified atom stereocenters. The highest BCUT2D eigenvalue weighted by atomic mass is 28.3. The number of fused-ring (bicyclic) bond motifs is 6. The number of nitrogens with two attached hydrogens (primary N) is 1. The zero-order chi connectivity index (χ0) is 42.6. The van der Waals surface area contributed by atoms with Gasteiger partial charge in [-0.05, 0) is 87.8 Å². The molecule has 1 aliphatic heterocycles. The van der Waals surface area contributed by atoms with Gasteiger partial charge in [0.05, 0.1) is 16.6 Å². The average Bonchev–Trinajstić information content (AvgIpc) is 3.89. The number of hydrogen-bond acceptors (Lipinski definition) is 3. The molecule has 0 saturated carbocycles. The van der Waals surface area contributed by atoms with E-state index in [1.54, 1.807) is 0 Å². The standard InChI is InChI=1S/C58H42N4OSi/c1-39-35-42(58-60-56(40-19-7-2-8-20-40)59-57(61-58)41-21-9-3-10-22-41)31-33-51(39)62-52-34-32-46(36-48(52)49-38-55-50(37-53(49)62)47-29-17-18-30-54(47)63-55)64(43-23-11-4-12-24-43,44-25-13-5-14-26-44)45-27-15-6-16-28-45/h2-38,56H,1H3,(H,59,60,61)/p+1. The maximum absolute atomic E-state index is 6.59. The molecule has 2 N–H and O–H groups in total. The van der Waals surface area contributed by atoms with Gasteiger partial charge in [-0.25, -0.2) is 4.99 Å². The summed E-state index contributed by atoms with van der Waals surface area (Å²) in [6.07, 6.45) is -0.152. The summed E-state index contributed by atoms with van der Waals surface area (Å²) in [5.41, 5.74) is 9.48. The van der Waals surface area contributed by atoms with Crippen molar-refractivity contribution in [2.24, 2.45) is 9.98 Å². The van der Waals surface area contributed by atoms with Crippen molar-refractivity contribution < 1.29 is 9.73 Å². The highest BCUT2D eigenvalue weighted by Gasteiger charge is 2.41. The predicted molar refractivity (Wildman–Crippen MR) is 267 cm³/mol. The number of para-hydroxylation sites is 1. The maximum Gasteiger partial charge on any atom is 0.235 e. The van der Waals surface area contributed by atoms with Crippen LogP contribution in [-0.4, -0.2) is 24.3 Å². The molecule has 9 aromatic carbocycles. The van der Waals surface area contributed by atoms with Crippen molar-refractivity contribution in [3.8, 4) is 5.69 Å². The van der Waals surface area contributed by atoms with Crippen LogP contribution in [0.1, 0.15) is 28.4 Å². The molecule has 0 spiro atoms. The number of quaternary nitrogens is 1. The predicted octanol–water partition coefficient (Wildman–Crippen LogP) is 9.84. The highest BCUT2D eigenvalue weighted by Crippen LogP contribution is 2.39. The average molecular weight is 840 g/mol. The summed E-state index contributed by atoms with van der Waals surface area (Å²) in [6.45, 7) is 2.21. The van der Waals surface area contributed by atoms with E-state index in [0.717, 1.165) is 78.0 Å².